The third kappa shape index (κ3) is 4.10. The second-order valence-electron chi connectivity index (χ2n) is 7.08. The molecule has 4 rings (SSSR count). The first-order chi connectivity index (χ1) is 14.9. The number of carbonyl (C=O) groups excluding carboxylic acids is 1. The predicted molar refractivity (Wildman–Crippen MR) is 117 cm³/mol. The molecule has 1 aromatic heterocycles. The Hall–Kier alpha value is -3.78. The lowest BCUT2D eigenvalue weighted by Gasteiger charge is -2.12. The van der Waals surface area contributed by atoms with E-state index in [0.29, 0.717) is 4.79 Å². The molecule has 0 aliphatic rings. The van der Waals surface area contributed by atoms with Crippen LogP contribution in [0.25, 0.3) is 10.8 Å². The minimum Gasteiger partial charge on any atom is -0.273 e. The van der Waals surface area contributed by atoms with Crippen molar-refractivity contribution < 1.29 is 13.2 Å². The van der Waals surface area contributed by atoms with Gasteiger partial charge in [0.25, 0.3) is 5.56 Å². The minimum absolute atomic E-state index is 0.0173. The second kappa shape index (κ2) is 8.16. The molecular formula is C23H19N3O4S. The molecule has 0 atom stereocenters. The van der Waals surface area contributed by atoms with Gasteiger partial charge in [-0.1, -0.05) is 66.2 Å². The van der Waals surface area contributed by atoms with Crippen molar-refractivity contribution in [2.45, 2.75) is 23.3 Å². The van der Waals surface area contributed by atoms with Crippen LogP contribution in [0.4, 0.5) is 0 Å². The zero-order chi connectivity index (χ0) is 22.0. The van der Waals surface area contributed by atoms with Gasteiger partial charge in [-0.2, -0.15) is 0 Å². The maximum atomic E-state index is 13.2. The number of nitrogens with one attached hydrogen (secondary N) is 1. The van der Waals surface area contributed by atoms with Gasteiger partial charge in [0.05, 0.1) is 16.7 Å². The number of fused-ring (bicyclic) bond motifs is 1. The molecule has 1 N–H and O–H groups in total. The lowest BCUT2D eigenvalue weighted by Crippen LogP contribution is -2.37. The second-order valence-corrected chi connectivity index (χ2v) is 8.95. The zero-order valence-corrected chi connectivity index (χ0v) is 17.5. The summed E-state index contributed by atoms with van der Waals surface area (Å²) in [6.45, 7) is 1.91. The van der Waals surface area contributed by atoms with Gasteiger partial charge >= 0.3 is 0 Å². The number of aromatic nitrogens is 2. The Morgan fingerprint density at radius 2 is 1.61 bits per heavy atom. The Labute approximate surface area is 178 Å². The molecule has 0 aliphatic carbocycles. The molecule has 1 heterocycles. The van der Waals surface area contributed by atoms with Crippen molar-refractivity contribution in [2.75, 3.05) is 5.43 Å². The molecule has 0 spiro atoms. The maximum absolute atomic E-state index is 13.2. The third-order valence-electron chi connectivity index (χ3n) is 4.76. The average Bonchev–Trinajstić information content (AvgIpc) is 2.76. The summed E-state index contributed by atoms with van der Waals surface area (Å²) in [5, 5.41) is 4.07. The third-order valence-corrected chi connectivity index (χ3v) is 6.46. The highest BCUT2D eigenvalue weighted by molar-refractivity contribution is 7.91. The van der Waals surface area contributed by atoms with Crippen molar-refractivity contribution in [3.8, 4) is 0 Å². The molecule has 0 unspecified atom stereocenters. The van der Waals surface area contributed by atoms with Crippen LogP contribution >= 0.6 is 0 Å². The summed E-state index contributed by atoms with van der Waals surface area (Å²) in [6.07, 6.45) is 0.0173. The highest BCUT2D eigenvalue weighted by Gasteiger charge is 2.25. The maximum Gasteiger partial charge on any atom is 0.294 e. The summed E-state index contributed by atoms with van der Waals surface area (Å²) in [6, 6.07) is 21.5. The first kappa shape index (κ1) is 20.5. The largest absolute Gasteiger partial charge is 0.294 e. The normalized spacial score (nSPS) is 11.4. The molecule has 0 fully saturated rings. The van der Waals surface area contributed by atoms with E-state index in [2.05, 4.69) is 10.5 Å². The summed E-state index contributed by atoms with van der Waals surface area (Å²) in [4.78, 5) is 26.2. The molecular weight excluding hydrogens is 414 g/mol. The van der Waals surface area contributed by atoms with E-state index in [1.165, 1.54) is 24.3 Å². The van der Waals surface area contributed by atoms with E-state index in [0.717, 1.165) is 11.1 Å². The first-order valence-corrected chi connectivity index (χ1v) is 11.0. The average molecular weight is 433 g/mol. The number of rotatable bonds is 5. The van der Waals surface area contributed by atoms with Crippen molar-refractivity contribution in [2.24, 2.45) is 0 Å². The van der Waals surface area contributed by atoms with E-state index < -0.39 is 21.3 Å². The van der Waals surface area contributed by atoms with Gasteiger partial charge in [0.1, 0.15) is 0 Å². The SMILES string of the molecule is Cc1cccc(CC(=O)Nn2nc(S(=O)(=O)c3ccccc3)c3ccccc3c2=O)c1. The van der Waals surface area contributed by atoms with Crippen molar-refractivity contribution >= 4 is 26.5 Å². The Kier molecular flexibility index (Phi) is 5.39. The van der Waals surface area contributed by atoms with Crippen molar-refractivity contribution in [3.63, 3.8) is 0 Å². The van der Waals surface area contributed by atoms with Gasteiger partial charge in [-0.3, -0.25) is 9.59 Å². The van der Waals surface area contributed by atoms with Gasteiger partial charge in [0.2, 0.25) is 15.7 Å². The molecule has 7 nitrogen and oxygen atoms in total. The van der Waals surface area contributed by atoms with Gasteiger partial charge in [0, 0.05) is 5.39 Å². The molecule has 8 heteroatoms. The minimum atomic E-state index is -4.03. The molecule has 1 amide bonds. The molecule has 0 bridgehead atoms. The number of aryl methyl sites for hydroxylation is 1. The van der Waals surface area contributed by atoms with Gasteiger partial charge < -0.3 is 0 Å². The Morgan fingerprint density at radius 3 is 2.32 bits per heavy atom. The summed E-state index contributed by atoms with van der Waals surface area (Å²) >= 11 is 0. The van der Waals surface area contributed by atoms with Crippen LogP contribution in [-0.4, -0.2) is 24.2 Å². The Bertz CT molecular complexity index is 1440. The Balaban J connectivity index is 1.79. The molecule has 0 saturated heterocycles. The van der Waals surface area contributed by atoms with Gasteiger partial charge in [-0.05, 0) is 30.7 Å². The van der Waals surface area contributed by atoms with Crippen molar-refractivity contribution in [1.29, 1.82) is 0 Å². The fourth-order valence-corrected chi connectivity index (χ4v) is 4.71. The fourth-order valence-electron chi connectivity index (χ4n) is 3.31. The molecule has 0 saturated carbocycles. The van der Waals surface area contributed by atoms with Crippen LogP contribution in [0.3, 0.4) is 0 Å². The number of hydrogen-bond acceptors (Lipinski definition) is 5. The van der Waals surface area contributed by atoms with Crippen molar-refractivity contribution in [3.05, 3.63) is 100 Å². The molecule has 0 radical (unpaired) electrons. The smallest absolute Gasteiger partial charge is 0.273 e. The number of nitrogens with zero attached hydrogens (tertiary/aromatic N) is 2. The van der Waals surface area contributed by atoms with Crippen LogP contribution in [0.15, 0.2) is 93.6 Å². The van der Waals surface area contributed by atoms with Gasteiger partial charge in [-0.25, -0.2) is 13.8 Å². The fraction of sp³-hybridized carbons (Fsp3) is 0.0870. The summed E-state index contributed by atoms with van der Waals surface area (Å²) in [5.41, 5.74) is 3.58. The summed E-state index contributed by atoms with van der Waals surface area (Å²) in [7, 11) is -4.03. The number of amides is 1. The molecule has 31 heavy (non-hydrogen) atoms. The van der Waals surface area contributed by atoms with E-state index in [1.807, 2.05) is 25.1 Å². The quantitative estimate of drug-likeness (QED) is 0.522. The monoisotopic (exact) mass is 433 g/mol. The molecule has 3 aromatic carbocycles. The summed E-state index contributed by atoms with van der Waals surface area (Å²) in [5.74, 6) is -0.487. The van der Waals surface area contributed by atoms with Crippen LogP contribution in [-0.2, 0) is 21.1 Å². The standard InChI is InChI=1S/C23H19N3O4S/c1-16-8-7-9-17(14-16)15-21(27)24-26-23(28)20-13-6-5-12-19(20)22(25-26)31(29,30)18-10-3-2-4-11-18/h2-14H,15H2,1H3,(H,24,27). The molecule has 4 aromatic rings. The first-order valence-electron chi connectivity index (χ1n) is 9.54. The number of hydrogen-bond donors (Lipinski definition) is 1. The predicted octanol–water partition coefficient (Wildman–Crippen LogP) is 2.85. The van der Waals surface area contributed by atoms with Crippen LogP contribution in [0.2, 0.25) is 0 Å². The van der Waals surface area contributed by atoms with Gasteiger partial charge in [-0.15, -0.1) is 9.89 Å². The van der Waals surface area contributed by atoms with Crippen LogP contribution in [0.5, 0.6) is 0 Å². The van der Waals surface area contributed by atoms with E-state index in [4.69, 9.17) is 0 Å². The highest BCUT2D eigenvalue weighted by Crippen LogP contribution is 2.24. The number of benzene rings is 3. The van der Waals surface area contributed by atoms with E-state index in [-0.39, 0.29) is 27.1 Å². The van der Waals surface area contributed by atoms with Crippen LogP contribution < -0.4 is 11.0 Å². The van der Waals surface area contributed by atoms with Crippen molar-refractivity contribution in [1.82, 2.24) is 9.89 Å². The van der Waals surface area contributed by atoms with E-state index in [9.17, 15) is 18.0 Å². The lowest BCUT2D eigenvalue weighted by molar-refractivity contribution is -0.116. The van der Waals surface area contributed by atoms with Crippen LogP contribution in [0.1, 0.15) is 11.1 Å². The number of sulfone groups is 1. The molecule has 0 aliphatic heterocycles. The van der Waals surface area contributed by atoms with E-state index in [1.54, 1.807) is 36.4 Å². The molecule has 156 valence electrons. The van der Waals surface area contributed by atoms with Gasteiger partial charge in [0.15, 0.2) is 5.03 Å². The Morgan fingerprint density at radius 1 is 0.935 bits per heavy atom. The lowest BCUT2D eigenvalue weighted by atomic mass is 10.1. The topological polar surface area (TPSA) is 98.1 Å². The van der Waals surface area contributed by atoms with Crippen LogP contribution in [0, 0.1) is 6.92 Å². The number of carbonyl (C=O) groups is 1. The highest BCUT2D eigenvalue weighted by atomic mass is 32.2. The zero-order valence-electron chi connectivity index (χ0n) is 16.6. The summed E-state index contributed by atoms with van der Waals surface area (Å²) < 4.78 is 26.5. The van der Waals surface area contributed by atoms with E-state index >= 15 is 0 Å².